The molecule has 4 atom stereocenters. The molecule has 1 aliphatic heterocycles. The summed E-state index contributed by atoms with van der Waals surface area (Å²) in [5.74, 6) is 0.246. The molecule has 2 aliphatic carbocycles. The number of ether oxygens (including phenoxy) is 1. The minimum atomic E-state index is -0.604. The molecule has 21 heavy (non-hydrogen) atoms. The van der Waals surface area contributed by atoms with Gasteiger partial charge in [0.25, 0.3) is 0 Å². The average Bonchev–Trinajstić information content (AvgIpc) is 3.17. The summed E-state index contributed by atoms with van der Waals surface area (Å²) in [6.07, 6.45) is 10.1. The van der Waals surface area contributed by atoms with Crippen molar-refractivity contribution in [3.05, 3.63) is 0 Å². The van der Waals surface area contributed by atoms with Crippen molar-refractivity contribution >= 4 is 0 Å². The maximum atomic E-state index is 11.3. The molecule has 0 amide bonds. The zero-order valence-corrected chi connectivity index (χ0v) is 13.7. The first-order chi connectivity index (χ1) is 10.0. The maximum Gasteiger partial charge on any atom is 0.0705 e. The van der Waals surface area contributed by atoms with Crippen LogP contribution in [-0.2, 0) is 4.74 Å². The first-order valence-electron chi connectivity index (χ1n) is 9.14. The Bertz CT molecular complexity index is 321. The molecule has 3 rings (SSSR count). The number of aliphatic hydroxyl groups is 2. The number of hydrogen-bond acceptors (Lipinski definition) is 3. The van der Waals surface area contributed by atoms with Crippen LogP contribution in [0.4, 0.5) is 0 Å². The Balaban J connectivity index is 1.94. The second kappa shape index (κ2) is 5.82. The Kier molecular flexibility index (Phi) is 4.37. The topological polar surface area (TPSA) is 49.7 Å². The van der Waals surface area contributed by atoms with Crippen LogP contribution in [0.15, 0.2) is 0 Å². The normalized spacial score (nSPS) is 41.7. The lowest BCUT2D eigenvalue weighted by Gasteiger charge is -2.43. The van der Waals surface area contributed by atoms with E-state index in [0.29, 0.717) is 0 Å². The standard InChI is InChI=1S/C18H32O3/c1-3-13-15(17(19)9-5-6-10-17)16(14(4-2)21-13)18(20)11-7-8-12-18/h13-16,19-20H,3-12H2,1-2H3. The molecule has 2 saturated carbocycles. The molecule has 0 radical (unpaired) electrons. The molecular formula is C18H32O3. The van der Waals surface area contributed by atoms with Crippen LogP contribution in [0, 0.1) is 11.8 Å². The van der Waals surface area contributed by atoms with Crippen LogP contribution >= 0.6 is 0 Å². The van der Waals surface area contributed by atoms with E-state index < -0.39 is 11.2 Å². The molecule has 0 aromatic rings. The molecule has 3 heteroatoms. The summed E-state index contributed by atoms with van der Waals surface area (Å²) in [5.41, 5.74) is -1.21. The van der Waals surface area contributed by atoms with E-state index in [2.05, 4.69) is 13.8 Å². The van der Waals surface area contributed by atoms with E-state index >= 15 is 0 Å². The van der Waals surface area contributed by atoms with Crippen molar-refractivity contribution in [3.63, 3.8) is 0 Å². The average molecular weight is 296 g/mol. The van der Waals surface area contributed by atoms with Gasteiger partial charge in [-0.25, -0.2) is 0 Å². The summed E-state index contributed by atoms with van der Waals surface area (Å²) in [4.78, 5) is 0. The molecule has 0 bridgehead atoms. The first kappa shape index (κ1) is 15.8. The van der Waals surface area contributed by atoms with Gasteiger partial charge in [-0.1, -0.05) is 39.5 Å². The highest BCUT2D eigenvalue weighted by atomic mass is 16.5. The molecule has 2 N–H and O–H groups in total. The van der Waals surface area contributed by atoms with Gasteiger partial charge in [0.15, 0.2) is 0 Å². The van der Waals surface area contributed by atoms with E-state index in [0.717, 1.165) is 64.2 Å². The van der Waals surface area contributed by atoms with E-state index in [-0.39, 0.29) is 24.0 Å². The summed E-state index contributed by atoms with van der Waals surface area (Å²) in [6, 6.07) is 0. The Labute approximate surface area is 129 Å². The SMILES string of the molecule is CCC1OC(CC)C(C2(O)CCCC2)C1C1(O)CCCC1. The monoisotopic (exact) mass is 296 g/mol. The zero-order chi connectivity index (χ0) is 15.1. The molecule has 0 spiro atoms. The van der Waals surface area contributed by atoms with Gasteiger partial charge in [0.1, 0.15) is 0 Å². The lowest BCUT2D eigenvalue weighted by atomic mass is 9.66. The van der Waals surface area contributed by atoms with Crippen molar-refractivity contribution in [1.82, 2.24) is 0 Å². The summed E-state index contributed by atoms with van der Waals surface area (Å²) in [7, 11) is 0. The lowest BCUT2D eigenvalue weighted by molar-refractivity contribution is -0.102. The third kappa shape index (κ3) is 2.55. The van der Waals surface area contributed by atoms with Gasteiger partial charge < -0.3 is 14.9 Å². The summed E-state index contributed by atoms with van der Waals surface area (Å²) in [6.45, 7) is 4.31. The van der Waals surface area contributed by atoms with Crippen molar-refractivity contribution in [2.75, 3.05) is 0 Å². The second-order valence-electron chi connectivity index (χ2n) is 7.70. The minimum absolute atomic E-state index is 0.118. The maximum absolute atomic E-state index is 11.3. The summed E-state index contributed by atoms with van der Waals surface area (Å²) < 4.78 is 6.32. The Morgan fingerprint density at radius 3 is 1.38 bits per heavy atom. The Morgan fingerprint density at radius 1 is 0.762 bits per heavy atom. The first-order valence-corrected chi connectivity index (χ1v) is 9.14. The van der Waals surface area contributed by atoms with Crippen LogP contribution in [0.3, 0.4) is 0 Å². The van der Waals surface area contributed by atoms with Crippen LogP contribution in [-0.4, -0.2) is 33.6 Å². The lowest BCUT2D eigenvalue weighted by Crippen LogP contribution is -2.51. The van der Waals surface area contributed by atoms with E-state index in [1.807, 2.05) is 0 Å². The highest BCUT2D eigenvalue weighted by Gasteiger charge is 2.60. The van der Waals surface area contributed by atoms with Crippen LogP contribution in [0.1, 0.15) is 78.1 Å². The largest absolute Gasteiger partial charge is 0.389 e. The van der Waals surface area contributed by atoms with Crippen molar-refractivity contribution in [3.8, 4) is 0 Å². The molecule has 1 saturated heterocycles. The smallest absolute Gasteiger partial charge is 0.0705 e. The van der Waals surface area contributed by atoms with E-state index in [9.17, 15) is 10.2 Å². The zero-order valence-electron chi connectivity index (χ0n) is 13.7. The minimum Gasteiger partial charge on any atom is -0.389 e. The van der Waals surface area contributed by atoms with Crippen LogP contribution < -0.4 is 0 Å². The van der Waals surface area contributed by atoms with Gasteiger partial charge in [0, 0.05) is 11.8 Å². The van der Waals surface area contributed by atoms with Gasteiger partial charge >= 0.3 is 0 Å². The molecule has 4 unspecified atom stereocenters. The van der Waals surface area contributed by atoms with Gasteiger partial charge in [0.2, 0.25) is 0 Å². The van der Waals surface area contributed by atoms with E-state index in [1.165, 1.54) is 0 Å². The molecule has 3 nitrogen and oxygen atoms in total. The fraction of sp³-hybridized carbons (Fsp3) is 1.00. The number of rotatable bonds is 4. The Morgan fingerprint density at radius 2 is 1.10 bits per heavy atom. The van der Waals surface area contributed by atoms with Gasteiger partial charge in [-0.2, -0.15) is 0 Å². The fourth-order valence-electron chi connectivity index (χ4n) is 5.56. The van der Waals surface area contributed by atoms with E-state index in [1.54, 1.807) is 0 Å². The highest BCUT2D eigenvalue weighted by molar-refractivity contribution is 5.09. The van der Waals surface area contributed by atoms with Crippen molar-refractivity contribution in [2.45, 2.75) is 101 Å². The molecule has 3 fully saturated rings. The fourth-order valence-corrected chi connectivity index (χ4v) is 5.56. The van der Waals surface area contributed by atoms with Gasteiger partial charge in [-0.3, -0.25) is 0 Å². The van der Waals surface area contributed by atoms with E-state index in [4.69, 9.17) is 4.74 Å². The molecule has 1 heterocycles. The Hall–Kier alpha value is -0.120. The van der Waals surface area contributed by atoms with Gasteiger partial charge in [-0.15, -0.1) is 0 Å². The number of hydrogen-bond donors (Lipinski definition) is 2. The summed E-state index contributed by atoms with van der Waals surface area (Å²) in [5, 5.41) is 22.5. The van der Waals surface area contributed by atoms with Crippen LogP contribution in [0.2, 0.25) is 0 Å². The third-order valence-electron chi connectivity index (χ3n) is 6.52. The van der Waals surface area contributed by atoms with Gasteiger partial charge in [-0.05, 0) is 38.5 Å². The third-order valence-corrected chi connectivity index (χ3v) is 6.52. The molecule has 0 aromatic heterocycles. The van der Waals surface area contributed by atoms with Crippen LogP contribution in [0.25, 0.3) is 0 Å². The van der Waals surface area contributed by atoms with Crippen molar-refractivity contribution < 1.29 is 14.9 Å². The summed E-state index contributed by atoms with van der Waals surface area (Å²) >= 11 is 0. The molecular weight excluding hydrogens is 264 g/mol. The van der Waals surface area contributed by atoms with Crippen molar-refractivity contribution in [1.29, 1.82) is 0 Å². The molecule has 122 valence electrons. The quantitative estimate of drug-likeness (QED) is 0.836. The predicted molar refractivity (Wildman–Crippen MR) is 83.1 cm³/mol. The predicted octanol–water partition coefficient (Wildman–Crippen LogP) is 3.42. The molecule has 0 aromatic carbocycles. The van der Waals surface area contributed by atoms with Crippen LogP contribution in [0.5, 0.6) is 0 Å². The molecule has 3 aliphatic rings. The van der Waals surface area contributed by atoms with Gasteiger partial charge in [0.05, 0.1) is 23.4 Å². The highest BCUT2D eigenvalue weighted by Crippen LogP contribution is 2.54. The second-order valence-corrected chi connectivity index (χ2v) is 7.70. The van der Waals surface area contributed by atoms with Crippen molar-refractivity contribution in [2.24, 2.45) is 11.8 Å².